The zero-order valence-corrected chi connectivity index (χ0v) is 16.5. The number of aromatic nitrogens is 4. The Labute approximate surface area is 168 Å². The maximum absolute atomic E-state index is 12.9. The van der Waals surface area contributed by atoms with Crippen molar-refractivity contribution in [2.45, 2.75) is 31.7 Å². The van der Waals surface area contributed by atoms with E-state index in [0.717, 1.165) is 28.6 Å². The van der Waals surface area contributed by atoms with Crippen molar-refractivity contribution in [3.05, 3.63) is 53.5 Å². The highest BCUT2D eigenvalue weighted by Crippen LogP contribution is 2.23. The fraction of sp³-hybridized carbons (Fsp3) is 0.333. The zero-order valence-electron chi connectivity index (χ0n) is 15.7. The number of halogens is 3. The molecule has 0 aliphatic rings. The molecule has 11 heteroatoms. The Morgan fingerprint density at radius 1 is 1.28 bits per heavy atom. The molecular formula is C18H18F3N5O2S. The molecule has 29 heavy (non-hydrogen) atoms. The normalized spacial score (nSPS) is 11.6. The number of amides is 1. The van der Waals surface area contributed by atoms with Gasteiger partial charge in [-0.15, -0.1) is 5.10 Å². The molecule has 154 valence electrons. The van der Waals surface area contributed by atoms with Crippen LogP contribution in [-0.4, -0.2) is 49.5 Å². The van der Waals surface area contributed by atoms with E-state index in [1.54, 1.807) is 6.07 Å². The predicted octanol–water partition coefficient (Wildman–Crippen LogP) is 3.56. The lowest BCUT2D eigenvalue weighted by Gasteiger charge is -2.22. The summed E-state index contributed by atoms with van der Waals surface area (Å²) in [4.78, 5) is 13.2. The lowest BCUT2D eigenvalue weighted by atomic mass is 10.1. The molecule has 2 aromatic heterocycles. The molecule has 0 aliphatic heterocycles. The number of rotatable bonds is 7. The van der Waals surface area contributed by atoms with Crippen LogP contribution in [0.2, 0.25) is 0 Å². The summed E-state index contributed by atoms with van der Waals surface area (Å²) in [5, 5.41) is 11.8. The van der Waals surface area contributed by atoms with Crippen LogP contribution in [0.3, 0.4) is 0 Å². The van der Waals surface area contributed by atoms with E-state index in [1.165, 1.54) is 17.0 Å². The van der Waals surface area contributed by atoms with Gasteiger partial charge in [0.1, 0.15) is 12.3 Å². The van der Waals surface area contributed by atoms with E-state index in [1.807, 2.05) is 32.0 Å². The summed E-state index contributed by atoms with van der Waals surface area (Å²) < 4.78 is 45.2. The summed E-state index contributed by atoms with van der Waals surface area (Å²) in [6.45, 7) is 2.22. The van der Waals surface area contributed by atoms with Crippen molar-refractivity contribution in [2.75, 3.05) is 12.3 Å². The van der Waals surface area contributed by atoms with Gasteiger partial charge in [-0.2, -0.15) is 17.9 Å². The molecular weight excluding hydrogens is 407 g/mol. The minimum Gasteiger partial charge on any atom is -0.467 e. The quantitative estimate of drug-likeness (QED) is 0.539. The van der Waals surface area contributed by atoms with Gasteiger partial charge < -0.3 is 9.32 Å². The number of alkyl halides is 3. The van der Waals surface area contributed by atoms with Gasteiger partial charge >= 0.3 is 6.18 Å². The molecule has 0 saturated heterocycles. The molecule has 1 amide bonds. The van der Waals surface area contributed by atoms with Gasteiger partial charge in [0, 0.05) is 0 Å². The van der Waals surface area contributed by atoms with Crippen molar-refractivity contribution in [1.82, 2.24) is 25.1 Å². The third-order valence-corrected chi connectivity index (χ3v) is 4.90. The molecule has 0 fully saturated rings. The SMILES string of the molecule is Cc1ccc(-n2nnnc2SCC(=O)N(Cc2ccco2)CC(F)(F)F)c(C)c1. The average Bonchev–Trinajstić information content (AvgIpc) is 3.30. The number of thioether (sulfide) groups is 1. The van der Waals surface area contributed by atoms with Gasteiger partial charge in [0.15, 0.2) is 0 Å². The summed E-state index contributed by atoms with van der Waals surface area (Å²) in [5.41, 5.74) is 2.74. The standard InChI is InChI=1S/C18H18F3N5O2S/c1-12-5-6-15(13(2)8-12)26-17(22-23-24-26)29-10-16(27)25(11-18(19,20)21)9-14-4-3-7-28-14/h3-8H,9-11H2,1-2H3. The maximum atomic E-state index is 12.9. The Morgan fingerprint density at radius 3 is 2.72 bits per heavy atom. The smallest absolute Gasteiger partial charge is 0.406 e. The predicted molar refractivity (Wildman–Crippen MR) is 99.5 cm³/mol. The average molecular weight is 425 g/mol. The lowest BCUT2D eigenvalue weighted by Crippen LogP contribution is -2.39. The maximum Gasteiger partial charge on any atom is 0.406 e. The second kappa shape index (κ2) is 8.68. The van der Waals surface area contributed by atoms with Crippen molar-refractivity contribution in [3.8, 4) is 5.69 Å². The molecule has 3 rings (SSSR count). The van der Waals surface area contributed by atoms with Gasteiger partial charge in [0.2, 0.25) is 11.1 Å². The molecule has 0 N–H and O–H groups in total. The van der Waals surface area contributed by atoms with Gasteiger partial charge in [-0.3, -0.25) is 4.79 Å². The third kappa shape index (κ3) is 5.59. The first-order chi connectivity index (χ1) is 13.7. The number of carbonyl (C=O) groups is 1. The Balaban J connectivity index is 1.72. The van der Waals surface area contributed by atoms with Gasteiger partial charge in [-0.1, -0.05) is 29.5 Å². The molecule has 2 heterocycles. The van der Waals surface area contributed by atoms with Crippen molar-refractivity contribution < 1.29 is 22.4 Å². The number of carbonyl (C=O) groups excluding carboxylic acids is 1. The van der Waals surface area contributed by atoms with Crippen LogP contribution in [0.4, 0.5) is 13.2 Å². The number of tetrazole rings is 1. The number of hydrogen-bond donors (Lipinski definition) is 0. The third-order valence-electron chi connectivity index (χ3n) is 4.00. The monoisotopic (exact) mass is 425 g/mol. The minimum atomic E-state index is -4.52. The summed E-state index contributed by atoms with van der Waals surface area (Å²) in [7, 11) is 0. The summed E-state index contributed by atoms with van der Waals surface area (Å²) >= 11 is 0.974. The van der Waals surface area contributed by atoms with Crippen molar-refractivity contribution in [1.29, 1.82) is 0 Å². The van der Waals surface area contributed by atoms with Gasteiger partial charge in [0.25, 0.3) is 0 Å². The van der Waals surface area contributed by atoms with Crippen molar-refractivity contribution in [2.24, 2.45) is 0 Å². The fourth-order valence-corrected chi connectivity index (χ4v) is 3.51. The van der Waals surface area contributed by atoms with Crippen LogP contribution in [0.25, 0.3) is 5.69 Å². The molecule has 0 saturated carbocycles. The Hall–Kier alpha value is -2.82. The van der Waals surface area contributed by atoms with Crippen LogP contribution in [0.1, 0.15) is 16.9 Å². The molecule has 0 radical (unpaired) electrons. The number of nitrogens with zero attached hydrogens (tertiary/aromatic N) is 5. The summed E-state index contributed by atoms with van der Waals surface area (Å²) in [6, 6.07) is 8.78. The van der Waals surface area contributed by atoms with Crippen molar-refractivity contribution in [3.63, 3.8) is 0 Å². The van der Waals surface area contributed by atoms with E-state index in [9.17, 15) is 18.0 Å². The first-order valence-electron chi connectivity index (χ1n) is 8.58. The van der Waals surface area contributed by atoms with Gasteiger partial charge in [-0.25, -0.2) is 0 Å². The largest absolute Gasteiger partial charge is 0.467 e. The molecule has 0 atom stereocenters. The number of aryl methyl sites for hydroxylation is 2. The molecule has 1 aromatic carbocycles. The van der Waals surface area contributed by atoms with E-state index in [4.69, 9.17) is 4.42 Å². The highest BCUT2D eigenvalue weighted by atomic mass is 32.2. The molecule has 0 bridgehead atoms. The molecule has 3 aromatic rings. The van der Waals surface area contributed by atoms with E-state index < -0.39 is 18.6 Å². The first-order valence-corrected chi connectivity index (χ1v) is 9.57. The van der Waals surface area contributed by atoms with Crippen LogP contribution < -0.4 is 0 Å². The van der Waals surface area contributed by atoms with Crippen molar-refractivity contribution >= 4 is 17.7 Å². The number of hydrogen-bond acceptors (Lipinski definition) is 6. The number of benzene rings is 1. The summed E-state index contributed by atoms with van der Waals surface area (Å²) in [5.74, 6) is -0.672. The molecule has 0 aliphatic carbocycles. The van der Waals surface area contributed by atoms with Gasteiger partial charge in [-0.05, 0) is 48.0 Å². The van der Waals surface area contributed by atoms with Gasteiger partial charge in [0.05, 0.1) is 24.2 Å². The fourth-order valence-electron chi connectivity index (χ4n) is 2.72. The van der Waals surface area contributed by atoms with Crippen LogP contribution in [-0.2, 0) is 11.3 Å². The van der Waals surface area contributed by atoms with Crippen LogP contribution in [0, 0.1) is 13.8 Å². The topological polar surface area (TPSA) is 77.1 Å². The molecule has 0 spiro atoms. The van der Waals surface area contributed by atoms with Crippen LogP contribution in [0.5, 0.6) is 0 Å². The molecule has 0 unspecified atom stereocenters. The van der Waals surface area contributed by atoms with Crippen LogP contribution >= 0.6 is 11.8 Å². The highest BCUT2D eigenvalue weighted by Gasteiger charge is 2.33. The Kier molecular flexibility index (Phi) is 6.26. The zero-order chi connectivity index (χ0) is 21.0. The van der Waals surface area contributed by atoms with E-state index in [-0.39, 0.29) is 18.1 Å². The molecule has 7 nitrogen and oxygen atoms in total. The first kappa shape index (κ1) is 20.9. The summed E-state index contributed by atoms with van der Waals surface area (Å²) in [6.07, 6.45) is -3.17. The Bertz CT molecular complexity index is 972. The van der Waals surface area contributed by atoms with E-state index in [2.05, 4.69) is 15.5 Å². The number of furan rings is 1. The second-order valence-electron chi connectivity index (χ2n) is 6.40. The van der Waals surface area contributed by atoms with E-state index in [0.29, 0.717) is 10.1 Å². The Morgan fingerprint density at radius 2 is 2.07 bits per heavy atom. The van der Waals surface area contributed by atoms with Crippen LogP contribution in [0.15, 0.2) is 46.2 Å². The minimum absolute atomic E-state index is 0.248. The lowest BCUT2D eigenvalue weighted by molar-refractivity contribution is -0.161. The van der Waals surface area contributed by atoms with E-state index >= 15 is 0 Å². The highest BCUT2D eigenvalue weighted by molar-refractivity contribution is 7.99. The second-order valence-corrected chi connectivity index (χ2v) is 7.34.